The molecule has 1 aliphatic rings. The lowest BCUT2D eigenvalue weighted by molar-refractivity contribution is -0.118. The third kappa shape index (κ3) is 2.61. The molecule has 0 aromatic heterocycles. The molecule has 0 radical (unpaired) electrons. The Hall–Kier alpha value is -2.36. The summed E-state index contributed by atoms with van der Waals surface area (Å²) in [7, 11) is 0. The van der Waals surface area contributed by atoms with Crippen LogP contribution in [0.4, 0.5) is 15.8 Å². The van der Waals surface area contributed by atoms with Crippen LogP contribution in [0.3, 0.4) is 0 Å². The Morgan fingerprint density at radius 1 is 1.33 bits per heavy atom. The molecule has 0 aliphatic carbocycles. The molecule has 21 heavy (non-hydrogen) atoms. The standard InChI is InChI=1S/C17H17FN2O/c1-11-7-13-10-15(19)5-6-16(13)20(11)17(21)9-12-3-2-4-14(18)8-12/h2-6,8,10-11H,7,9,19H2,1H3. The van der Waals surface area contributed by atoms with Crippen molar-refractivity contribution in [3.8, 4) is 0 Å². The third-order valence-corrected chi connectivity index (χ3v) is 3.83. The fourth-order valence-electron chi connectivity index (χ4n) is 2.94. The summed E-state index contributed by atoms with van der Waals surface area (Å²) in [4.78, 5) is 14.3. The first-order valence-corrected chi connectivity index (χ1v) is 6.99. The van der Waals surface area contributed by atoms with Crippen LogP contribution in [0.25, 0.3) is 0 Å². The molecule has 3 nitrogen and oxygen atoms in total. The van der Waals surface area contributed by atoms with Crippen molar-refractivity contribution in [3.63, 3.8) is 0 Å². The predicted molar refractivity (Wildman–Crippen MR) is 81.6 cm³/mol. The lowest BCUT2D eigenvalue weighted by atomic mass is 10.1. The van der Waals surface area contributed by atoms with Gasteiger partial charge in [0.25, 0.3) is 0 Å². The van der Waals surface area contributed by atoms with E-state index < -0.39 is 0 Å². The Bertz CT molecular complexity index is 699. The van der Waals surface area contributed by atoms with Gasteiger partial charge in [0, 0.05) is 17.4 Å². The summed E-state index contributed by atoms with van der Waals surface area (Å²) >= 11 is 0. The summed E-state index contributed by atoms with van der Waals surface area (Å²) in [5.41, 5.74) is 9.20. The molecule has 2 aromatic rings. The van der Waals surface area contributed by atoms with E-state index in [0.29, 0.717) is 11.3 Å². The van der Waals surface area contributed by atoms with Crippen LogP contribution < -0.4 is 10.6 Å². The van der Waals surface area contributed by atoms with Crippen molar-refractivity contribution in [3.05, 3.63) is 59.4 Å². The van der Waals surface area contributed by atoms with Crippen molar-refractivity contribution in [1.82, 2.24) is 0 Å². The minimum atomic E-state index is -0.317. The van der Waals surface area contributed by atoms with Crippen LogP contribution in [0.5, 0.6) is 0 Å². The maximum absolute atomic E-state index is 13.2. The predicted octanol–water partition coefficient (Wildman–Crippen LogP) is 2.93. The van der Waals surface area contributed by atoms with Gasteiger partial charge in [0.1, 0.15) is 5.82 Å². The van der Waals surface area contributed by atoms with Crippen molar-refractivity contribution >= 4 is 17.3 Å². The van der Waals surface area contributed by atoms with Crippen LogP contribution in [0.2, 0.25) is 0 Å². The lowest BCUT2D eigenvalue weighted by Crippen LogP contribution is -2.36. The number of hydrogen-bond acceptors (Lipinski definition) is 2. The molecule has 1 heterocycles. The van der Waals surface area contributed by atoms with Gasteiger partial charge >= 0.3 is 0 Å². The Morgan fingerprint density at radius 3 is 2.90 bits per heavy atom. The molecular formula is C17H17FN2O. The zero-order chi connectivity index (χ0) is 15.0. The second-order valence-electron chi connectivity index (χ2n) is 5.51. The van der Waals surface area contributed by atoms with Gasteiger partial charge in [-0.1, -0.05) is 12.1 Å². The van der Waals surface area contributed by atoms with Crippen LogP contribution >= 0.6 is 0 Å². The van der Waals surface area contributed by atoms with Crippen molar-refractivity contribution in [2.75, 3.05) is 10.6 Å². The highest BCUT2D eigenvalue weighted by atomic mass is 19.1. The van der Waals surface area contributed by atoms with Gasteiger partial charge in [-0.3, -0.25) is 4.79 Å². The molecule has 0 saturated heterocycles. The number of hydrogen-bond donors (Lipinski definition) is 1. The summed E-state index contributed by atoms with van der Waals surface area (Å²) in [6.07, 6.45) is 1.00. The van der Waals surface area contributed by atoms with E-state index in [0.717, 1.165) is 17.7 Å². The minimum absolute atomic E-state index is 0.0170. The number of amides is 1. The van der Waals surface area contributed by atoms with E-state index in [1.54, 1.807) is 23.1 Å². The average Bonchev–Trinajstić information content (AvgIpc) is 2.73. The van der Waals surface area contributed by atoms with Gasteiger partial charge in [-0.2, -0.15) is 0 Å². The van der Waals surface area contributed by atoms with Crippen LogP contribution in [0, 0.1) is 5.82 Å². The molecule has 1 aliphatic heterocycles. The normalized spacial score (nSPS) is 16.9. The van der Waals surface area contributed by atoms with E-state index in [9.17, 15) is 9.18 Å². The van der Waals surface area contributed by atoms with Gasteiger partial charge < -0.3 is 10.6 Å². The van der Waals surface area contributed by atoms with Crippen molar-refractivity contribution in [2.24, 2.45) is 0 Å². The summed E-state index contributed by atoms with van der Waals surface area (Å²) in [6, 6.07) is 11.9. The van der Waals surface area contributed by atoms with Gasteiger partial charge in [0.05, 0.1) is 6.42 Å². The summed E-state index contributed by atoms with van der Waals surface area (Å²) in [5.74, 6) is -0.334. The fraction of sp³-hybridized carbons (Fsp3) is 0.235. The summed E-state index contributed by atoms with van der Waals surface area (Å²) in [6.45, 7) is 2.01. The smallest absolute Gasteiger partial charge is 0.231 e. The van der Waals surface area contributed by atoms with E-state index in [1.165, 1.54) is 12.1 Å². The Morgan fingerprint density at radius 2 is 2.14 bits per heavy atom. The van der Waals surface area contributed by atoms with Crippen molar-refractivity contribution < 1.29 is 9.18 Å². The zero-order valence-electron chi connectivity index (χ0n) is 11.8. The van der Waals surface area contributed by atoms with Gasteiger partial charge in [0.2, 0.25) is 5.91 Å². The number of nitrogens with zero attached hydrogens (tertiary/aromatic N) is 1. The first-order valence-electron chi connectivity index (χ1n) is 6.99. The molecule has 0 bridgehead atoms. The number of carbonyl (C=O) groups is 1. The second-order valence-corrected chi connectivity index (χ2v) is 5.51. The topological polar surface area (TPSA) is 46.3 Å². The van der Waals surface area contributed by atoms with Gasteiger partial charge in [-0.05, 0) is 54.8 Å². The number of rotatable bonds is 2. The quantitative estimate of drug-likeness (QED) is 0.862. The monoisotopic (exact) mass is 284 g/mol. The van der Waals surface area contributed by atoms with Crippen LogP contribution in [0.1, 0.15) is 18.1 Å². The van der Waals surface area contributed by atoms with Gasteiger partial charge in [-0.25, -0.2) is 4.39 Å². The molecule has 2 N–H and O–H groups in total. The SMILES string of the molecule is CC1Cc2cc(N)ccc2N1C(=O)Cc1cccc(F)c1. The number of halogens is 1. The van der Waals surface area contributed by atoms with E-state index in [2.05, 4.69) is 0 Å². The van der Waals surface area contributed by atoms with E-state index >= 15 is 0 Å². The molecule has 0 spiro atoms. The molecule has 1 amide bonds. The largest absolute Gasteiger partial charge is 0.399 e. The molecule has 2 aromatic carbocycles. The highest BCUT2D eigenvalue weighted by Crippen LogP contribution is 2.33. The Labute approximate surface area is 123 Å². The number of anilines is 2. The molecule has 0 saturated carbocycles. The van der Waals surface area contributed by atoms with Gasteiger partial charge in [-0.15, -0.1) is 0 Å². The molecule has 0 fully saturated rings. The van der Waals surface area contributed by atoms with E-state index in [1.807, 2.05) is 19.1 Å². The Kier molecular flexibility index (Phi) is 3.37. The number of carbonyl (C=O) groups excluding carboxylic acids is 1. The minimum Gasteiger partial charge on any atom is -0.399 e. The highest BCUT2D eigenvalue weighted by molar-refractivity contribution is 5.97. The molecule has 1 unspecified atom stereocenters. The summed E-state index contributed by atoms with van der Waals surface area (Å²) < 4.78 is 13.2. The van der Waals surface area contributed by atoms with Crippen LogP contribution in [-0.4, -0.2) is 11.9 Å². The maximum atomic E-state index is 13.2. The maximum Gasteiger partial charge on any atom is 0.231 e. The number of nitrogens with two attached hydrogens (primary N) is 1. The zero-order valence-corrected chi connectivity index (χ0v) is 11.8. The molecule has 3 rings (SSSR count). The number of fused-ring (bicyclic) bond motifs is 1. The fourth-order valence-corrected chi connectivity index (χ4v) is 2.94. The van der Waals surface area contributed by atoms with E-state index in [-0.39, 0.29) is 24.2 Å². The second kappa shape index (κ2) is 5.20. The van der Waals surface area contributed by atoms with Gasteiger partial charge in [0.15, 0.2) is 0 Å². The summed E-state index contributed by atoms with van der Waals surface area (Å²) in [5, 5.41) is 0. The first-order chi connectivity index (χ1) is 10.0. The number of nitrogen functional groups attached to an aromatic ring is 1. The van der Waals surface area contributed by atoms with Crippen LogP contribution in [0.15, 0.2) is 42.5 Å². The van der Waals surface area contributed by atoms with Crippen molar-refractivity contribution in [2.45, 2.75) is 25.8 Å². The Balaban J connectivity index is 1.85. The molecule has 108 valence electrons. The highest BCUT2D eigenvalue weighted by Gasteiger charge is 2.30. The molecular weight excluding hydrogens is 267 g/mol. The van der Waals surface area contributed by atoms with Crippen LogP contribution in [-0.2, 0) is 17.6 Å². The third-order valence-electron chi connectivity index (χ3n) is 3.83. The molecule has 4 heteroatoms. The average molecular weight is 284 g/mol. The first kappa shape index (κ1) is 13.6. The lowest BCUT2D eigenvalue weighted by Gasteiger charge is -2.23. The molecule has 1 atom stereocenters. The van der Waals surface area contributed by atoms with Crippen molar-refractivity contribution in [1.29, 1.82) is 0 Å². The number of benzene rings is 2. The van der Waals surface area contributed by atoms with E-state index in [4.69, 9.17) is 5.73 Å².